The number of ether oxygens (including phenoxy) is 1. The average molecular weight is 373 g/mol. The van der Waals surface area contributed by atoms with Crippen LogP contribution in [-0.4, -0.2) is 20.6 Å². The lowest BCUT2D eigenvalue weighted by Crippen LogP contribution is -2.16. The van der Waals surface area contributed by atoms with Gasteiger partial charge in [-0.3, -0.25) is 5.32 Å². The third kappa shape index (κ3) is 3.25. The van der Waals surface area contributed by atoms with Crippen molar-refractivity contribution >= 4 is 28.6 Å². The number of hydrogen-bond acceptors (Lipinski definition) is 5. The van der Waals surface area contributed by atoms with Crippen LogP contribution in [-0.2, 0) is 7.05 Å². The van der Waals surface area contributed by atoms with Crippen LogP contribution in [0.5, 0.6) is 5.75 Å². The molecule has 0 aliphatic rings. The fourth-order valence-electron chi connectivity index (χ4n) is 3.22. The van der Waals surface area contributed by atoms with Gasteiger partial charge in [0.25, 0.3) is 0 Å². The summed E-state index contributed by atoms with van der Waals surface area (Å²) < 4.78 is 7.19. The first-order valence-electron chi connectivity index (χ1n) is 8.73. The Bertz CT molecular complexity index is 1170. The van der Waals surface area contributed by atoms with E-state index in [2.05, 4.69) is 15.3 Å². The lowest BCUT2D eigenvalue weighted by atomic mass is 10.0. The summed E-state index contributed by atoms with van der Waals surface area (Å²) in [6, 6.07) is 14.6. The van der Waals surface area contributed by atoms with Gasteiger partial charge >= 0.3 is 6.09 Å². The van der Waals surface area contributed by atoms with Gasteiger partial charge in [0.15, 0.2) is 0 Å². The second-order valence-corrected chi connectivity index (χ2v) is 6.47. The number of aromatic nitrogens is 3. The molecule has 2 heterocycles. The third-order valence-electron chi connectivity index (χ3n) is 4.50. The number of rotatable bonds is 3. The molecule has 4 rings (SSSR count). The monoisotopic (exact) mass is 373 g/mol. The molecule has 0 unspecified atom stereocenters. The second kappa shape index (κ2) is 7.03. The topological polar surface area (TPSA) is 95.1 Å². The molecule has 4 aromatic rings. The predicted molar refractivity (Wildman–Crippen MR) is 109 cm³/mol. The number of nitrogen functional groups attached to an aromatic ring is 1. The zero-order valence-electron chi connectivity index (χ0n) is 15.5. The number of hydrogen-bond donors (Lipinski definition) is 2. The van der Waals surface area contributed by atoms with Crippen LogP contribution in [0.15, 0.2) is 61.1 Å². The van der Waals surface area contributed by atoms with Gasteiger partial charge in [0.1, 0.15) is 23.5 Å². The maximum Gasteiger partial charge on any atom is 0.417 e. The van der Waals surface area contributed by atoms with Crippen molar-refractivity contribution in [3.8, 4) is 16.9 Å². The Morgan fingerprint density at radius 2 is 1.89 bits per heavy atom. The van der Waals surface area contributed by atoms with Crippen LogP contribution < -0.4 is 15.8 Å². The highest BCUT2D eigenvalue weighted by atomic mass is 16.6. The van der Waals surface area contributed by atoms with Crippen LogP contribution in [0.25, 0.3) is 22.2 Å². The molecule has 0 aliphatic carbocycles. The van der Waals surface area contributed by atoms with Gasteiger partial charge in [-0.25, -0.2) is 14.8 Å². The number of carbonyl (C=O) groups excluding carboxylic acids is 1. The molecule has 1 amide bonds. The van der Waals surface area contributed by atoms with E-state index < -0.39 is 6.09 Å². The number of fused-ring (bicyclic) bond motifs is 1. The minimum absolute atomic E-state index is 0.439. The largest absolute Gasteiger partial charge is 0.417 e. The number of benzene rings is 2. The van der Waals surface area contributed by atoms with E-state index in [0.29, 0.717) is 17.3 Å². The summed E-state index contributed by atoms with van der Waals surface area (Å²) in [7, 11) is 1.92. The normalized spacial score (nSPS) is 10.8. The molecule has 0 radical (unpaired) electrons. The van der Waals surface area contributed by atoms with Gasteiger partial charge < -0.3 is 15.0 Å². The lowest BCUT2D eigenvalue weighted by molar-refractivity contribution is 0.215. The molecule has 0 spiro atoms. The second-order valence-electron chi connectivity index (χ2n) is 6.47. The van der Waals surface area contributed by atoms with E-state index in [9.17, 15) is 4.79 Å². The zero-order valence-corrected chi connectivity index (χ0v) is 15.5. The number of nitrogens with one attached hydrogen (secondary N) is 1. The summed E-state index contributed by atoms with van der Waals surface area (Å²) in [4.78, 5) is 20.5. The van der Waals surface area contributed by atoms with Crippen LogP contribution in [0.1, 0.15) is 5.56 Å². The highest BCUT2D eigenvalue weighted by Gasteiger charge is 2.15. The van der Waals surface area contributed by atoms with E-state index in [4.69, 9.17) is 10.5 Å². The first-order chi connectivity index (χ1) is 13.5. The van der Waals surface area contributed by atoms with E-state index in [1.54, 1.807) is 24.3 Å². The molecular weight excluding hydrogens is 354 g/mol. The van der Waals surface area contributed by atoms with Crippen molar-refractivity contribution in [3.05, 3.63) is 66.6 Å². The standard InChI is InChI=1S/C21H19N5O2/c1-13-10-14(25-21(27)28-15-6-4-3-5-7-15)8-9-16(13)17-11-26(2)20-18(17)19(22)23-12-24-20/h3-12H,1-2H3,(H,25,27)(H2,22,23,24). The summed E-state index contributed by atoms with van der Waals surface area (Å²) in [5.41, 5.74) is 10.4. The van der Waals surface area contributed by atoms with Gasteiger partial charge in [-0.2, -0.15) is 0 Å². The SMILES string of the molecule is Cc1cc(NC(=O)Oc2ccccc2)ccc1-c1cn(C)c2ncnc(N)c12. The molecular formula is C21H19N5O2. The summed E-state index contributed by atoms with van der Waals surface area (Å²) in [6.45, 7) is 1.97. The molecule has 7 heteroatoms. The first-order valence-corrected chi connectivity index (χ1v) is 8.73. The molecule has 0 aliphatic heterocycles. The highest BCUT2D eigenvalue weighted by molar-refractivity contribution is 6.01. The molecule has 0 bridgehead atoms. The molecule has 2 aromatic heterocycles. The Morgan fingerprint density at radius 3 is 2.64 bits per heavy atom. The molecule has 0 fully saturated rings. The molecule has 0 atom stereocenters. The molecule has 7 nitrogen and oxygen atoms in total. The molecule has 0 saturated heterocycles. The van der Waals surface area contributed by atoms with Gasteiger partial charge in [-0.1, -0.05) is 24.3 Å². The smallest absolute Gasteiger partial charge is 0.410 e. The summed E-state index contributed by atoms with van der Waals surface area (Å²) in [5.74, 6) is 0.924. The minimum Gasteiger partial charge on any atom is -0.410 e. The minimum atomic E-state index is -0.541. The summed E-state index contributed by atoms with van der Waals surface area (Å²) in [6.07, 6.45) is 2.90. The number of para-hydroxylation sites is 1. The number of aryl methyl sites for hydroxylation is 2. The maximum absolute atomic E-state index is 12.1. The Labute approximate surface area is 161 Å². The molecule has 2 aromatic carbocycles. The number of amides is 1. The van der Waals surface area contributed by atoms with Gasteiger partial charge in [0.2, 0.25) is 0 Å². The Balaban J connectivity index is 1.61. The maximum atomic E-state index is 12.1. The zero-order chi connectivity index (χ0) is 19.7. The van der Waals surface area contributed by atoms with Crippen molar-refractivity contribution in [2.24, 2.45) is 7.05 Å². The third-order valence-corrected chi connectivity index (χ3v) is 4.50. The quantitative estimate of drug-likeness (QED) is 0.563. The van der Waals surface area contributed by atoms with Crippen LogP contribution in [0, 0.1) is 6.92 Å². The highest BCUT2D eigenvalue weighted by Crippen LogP contribution is 2.34. The van der Waals surface area contributed by atoms with E-state index in [-0.39, 0.29) is 0 Å². The average Bonchev–Trinajstić information content (AvgIpc) is 3.00. The van der Waals surface area contributed by atoms with Crippen molar-refractivity contribution in [3.63, 3.8) is 0 Å². The number of nitrogens with two attached hydrogens (primary N) is 1. The van der Waals surface area contributed by atoms with Crippen molar-refractivity contribution in [2.45, 2.75) is 6.92 Å². The molecule has 0 saturated carbocycles. The Hall–Kier alpha value is -3.87. The molecule has 28 heavy (non-hydrogen) atoms. The number of carbonyl (C=O) groups is 1. The fourth-order valence-corrected chi connectivity index (χ4v) is 3.22. The summed E-state index contributed by atoms with van der Waals surface area (Å²) >= 11 is 0. The van der Waals surface area contributed by atoms with Crippen LogP contribution in [0.4, 0.5) is 16.3 Å². The number of anilines is 2. The predicted octanol–water partition coefficient (Wildman–Crippen LogP) is 4.14. The van der Waals surface area contributed by atoms with Gasteiger partial charge in [0.05, 0.1) is 5.39 Å². The Kier molecular flexibility index (Phi) is 4.41. The Morgan fingerprint density at radius 1 is 1.11 bits per heavy atom. The van der Waals surface area contributed by atoms with Crippen LogP contribution >= 0.6 is 0 Å². The lowest BCUT2D eigenvalue weighted by Gasteiger charge is -2.10. The van der Waals surface area contributed by atoms with E-state index in [0.717, 1.165) is 27.7 Å². The molecule has 140 valence electrons. The van der Waals surface area contributed by atoms with E-state index >= 15 is 0 Å². The number of nitrogens with zero attached hydrogens (tertiary/aromatic N) is 3. The van der Waals surface area contributed by atoms with Gasteiger partial charge in [-0.15, -0.1) is 0 Å². The van der Waals surface area contributed by atoms with Crippen molar-refractivity contribution < 1.29 is 9.53 Å². The van der Waals surface area contributed by atoms with Gasteiger partial charge in [0, 0.05) is 24.5 Å². The first kappa shape index (κ1) is 17.5. The van der Waals surface area contributed by atoms with Crippen molar-refractivity contribution in [1.29, 1.82) is 0 Å². The van der Waals surface area contributed by atoms with Crippen molar-refractivity contribution in [1.82, 2.24) is 14.5 Å². The van der Waals surface area contributed by atoms with E-state index in [1.165, 1.54) is 6.33 Å². The fraction of sp³-hybridized carbons (Fsp3) is 0.0952. The molecule has 3 N–H and O–H groups in total. The van der Waals surface area contributed by atoms with E-state index in [1.807, 2.05) is 49.0 Å². The van der Waals surface area contributed by atoms with Crippen LogP contribution in [0.2, 0.25) is 0 Å². The van der Waals surface area contributed by atoms with Crippen molar-refractivity contribution in [2.75, 3.05) is 11.1 Å². The summed E-state index contributed by atoms with van der Waals surface area (Å²) in [5, 5.41) is 3.56. The van der Waals surface area contributed by atoms with Crippen LogP contribution in [0.3, 0.4) is 0 Å². The van der Waals surface area contributed by atoms with Gasteiger partial charge in [-0.05, 0) is 42.3 Å².